The number of imidazole rings is 1. The van der Waals surface area contributed by atoms with Crippen LogP contribution in [0.5, 0.6) is 0 Å². The monoisotopic (exact) mass is 362 g/mol. The number of anilines is 1. The fourth-order valence-corrected chi connectivity index (χ4v) is 2.88. The van der Waals surface area contributed by atoms with Crippen molar-refractivity contribution in [3.8, 4) is 12.0 Å². The van der Waals surface area contributed by atoms with Crippen LogP contribution in [0, 0.1) is 11.3 Å². The standard InChI is InChI=1S/C18H18N8O/c1-24-7-6-20-18(24)26-17(14(12-19)13-21-26)23-22-15-2-4-16(5-3-15)25-8-10-27-11-9-25/h2-7,13H,8-11H2,1H3. The van der Waals surface area contributed by atoms with Gasteiger partial charge >= 0.3 is 0 Å². The second kappa shape index (κ2) is 7.39. The Morgan fingerprint density at radius 2 is 1.93 bits per heavy atom. The molecule has 9 heteroatoms. The first-order chi connectivity index (χ1) is 13.3. The Bertz CT molecular complexity index is 989. The zero-order valence-electron chi connectivity index (χ0n) is 14.9. The Balaban J connectivity index is 1.59. The summed E-state index contributed by atoms with van der Waals surface area (Å²) >= 11 is 0. The molecule has 2 aromatic heterocycles. The van der Waals surface area contributed by atoms with E-state index in [1.54, 1.807) is 17.0 Å². The lowest BCUT2D eigenvalue weighted by Crippen LogP contribution is -2.36. The molecule has 1 aromatic carbocycles. The molecule has 1 fully saturated rings. The van der Waals surface area contributed by atoms with E-state index in [9.17, 15) is 5.26 Å². The molecule has 0 saturated carbocycles. The average molecular weight is 362 g/mol. The van der Waals surface area contributed by atoms with Gasteiger partial charge < -0.3 is 14.2 Å². The molecule has 0 amide bonds. The zero-order valence-corrected chi connectivity index (χ0v) is 14.9. The molecule has 9 nitrogen and oxygen atoms in total. The molecule has 0 unspecified atom stereocenters. The third-order valence-electron chi connectivity index (χ3n) is 4.34. The van der Waals surface area contributed by atoms with E-state index < -0.39 is 0 Å². The highest BCUT2D eigenvalue weighted by atomic mass is 16.5. The van der Waals surface area contributed by atoms with Crippen molar-refractivity contribution in [1.29, 1.82) is 5.26 Å². The van der Waals surface area contributed by atoms with Gasteiger partial charge in [-0.15, -0.1) is 10.2 Å². The van der Waals surface area contributed by atoms with Crippen molar-refractivity contribution in [2.75, 3.05) is 31.2 Å². The third kappa shape index (κ3) is 3.43. The third-order valence-corrected chi connectivity index (χ3v) is 4.34. The number of rotatable bonds is 4. The van der Waals surface area contributed by atoms with Crippen molar-refractivity contribution in [2.24, 2.45) is 17.3 Å². The Morgan fingerprint density at radius 1 is 1.15 bits per heavy atom. The summed E-state index contributed by atoms with van der Waals surface area (Å²) in [5.74, 6) is 0.914. The summed E-state index contributed by atoms with van der Waals surface area (Å²) in [6, 6.07) is 9.93. The molecule has 4 rings (SSSR count). The first kappa shape index (κ1) is 16.9. The number of ether oxygens (including phenoxy) is 1. The van der Waals surface area contributed by atoms with Crippen LogP contribution in [-0.4, -0.2) is 45.6 Å². The number of nitriles is 1. The van der Waals surface area contributed by atoms with Crippen LogP contribution in [0.15, 0.2) is 53.1 Å². The molecule has 0 aliphatic carbocycles. The molecule has 3 aromatic rings. The van der Waals surface area contributed by atoms with E-state index in [2.05, 4.69) is 31.3 Å². The first-order valence-corrected chi connectivity index (χ1v) is 8.56. The topological polar surface area (TPSA) is 96.6 Å². The van der Waals surface area contributed by atoms with E-state index in [-0.39, 0.29) is 0 Å². The minimum atomic E-state index is 0.340. The maximum atomic E-state index is 9.33. The molecule has 27 heavy (non-hydrogen) atoms. The number of hydrogen-bond acceptors (Lipinski definition) is 7. The molecule has 1 saturated heterocycles. The SMILES string of the molecule is Cn1ccnc1-n1ncc(C#N)c1N=Nc1ccc(N2CCOCC2)cc1. The number of aromatic nitrogens is 4. The van der Waals surface area contributed by atoms with Crippen molar-refractivity contribution in [3.63, 3.8) is 0 Å². The molecule has 1 aliphatic rings. The average Bonchev–Trinajstić information content (AvgIpc) is 3.32. The predicted octanol–water partition coefficient (Wildman–Crippen LogP) is 2.73. The number of benzene rings is 1. The minimum absolute atomic E-state index is 0.340. The summed E-state index contributed by atoms with van der Waals surface area (Å²) < 4.78 is 8.68. The van der Waals surface area contributed by atoms with Crippen molar-refractivity contribution in [3.05, 3.63) is 48.4 Å². The van der Waals surface area contributed by atoms with Crippen LogP contribution in [0.1, 0.15) is 5.56 Å². The molecule has 0 spiro atoms. The highest BCUT2D eigenvalue weighted by molar-refractivity contribution is 5.54. The lowest BCUT2D eigenvalue weighted by molar-refractivity contribution is 0.122. The van der Waals surface area contributed by atoms with Crippen LogP contribution in [0.3, 0.4) is 0 Å². The molecule has 0 bridgehead atoms. The largest absolute Gasteiger partial charge is 0.378 e. The number of hydrogen-bond donors (Lipinski definition) is 0. The first-order valence-electron chi connectivity index (χ1n) is 8.56. The van der Waals surface area contributed by atoms with E-state index in [4.69, 9.17) is 4.74 Å². The second-order valence-corrected chi connectivity index (χ2v) is 6.06. The lowest BCUT2D eigenvalue weighted by atomic mass is 10.2. The van der Waals surface area contributed by atoms with Crippen molar-refractivity contribution >= 4 is 17.2 Å². The van der Waals surface area contributed by atoms with Crippen molar-refractivity contribution in [1.82, 2.24) is 19.3 Å². The van der Waals surface area contributed by atoms with Crippen LogP contribution >= 0.6 is 0 Å². The van der Waals surface area contributed by atoms with Crippen LogP contribution < -0.4 is 4.90 Å². The van der Waals surface area contributed by atoms with E-state index in [1.807, 2.05) is 31.3 Å². The normalized spacial score (nSPS) is 14.6. The van der Waals surface area contributed by atoms with E-state index in [1.165, 1.54) is 10.9 Å². The maximum absolute atomic E-state index is 9.33. The molecular weight excluding hydrogens is 344 g/mol. The molecule has 1 aliphatic heterocycles. The van der Waals surface area contributed by atoms with Crippen molar-refractivity contribution in [2.45, 2.75) is 0 Å². The molecule has 0 N–H and O–H groups in total. The fraction of sp³-hybridized carbons (Fsp3) is 0.278. The van der Waals surface area contributed by atoms with Crippen molar-refractivity contribution < 1.29 is 4.74 Å². The second-order valence-electron chi connectivity index (χ2n) is 6.06. The van der Waals surface area contributed by atoms with Gasteiger partial charge in [-0.05, 0) is 24.3 Å². The van der Waals surface area contributed by atoms with Gasteiger partial charge in [0.15, 0.2) is 5.82 Å². The van der Waals surface area contributed by atoms with E-state index >= 15 is 0 Å². The predicted molar refractivity (Wildman–Crippen MR) is 98.7 cm³/mol. The Kier molecular flexibility index (Phi) is 4.63. The number of nitrogens with zero attached hydrogens (tertiary/aromatic N) is 8. The molecular formula is C18H18N8O. The number of azo groups is 1. The van der Waals surface area contributed by atoms with Crippen LogP contribution in [0.2, 0.25) is 0 Å². The summed E-state index contributed by atoms with van der Waals surface area (Å²) in [4.78, 5) is 6.52. The number of morpholine rings is 1. The summed E-state index contributed by atoms with van der Waals surface area (Å²) in [5, 5.41) is 22.1. The summed E-state index contributed by atoms with van der Waals surface area (Å²) in [5.41, 5.74) is 2.17. The smallest absolute Gasteiger partial charge is 0.232 e. The van der Waals surface area contributed by atoms with Gasteiger partial charge in [-0.2, -0.15) is 15.0 Å². The van der Waals surface area contributed by atoms with E-state index in [0.29, 0.717) is 23.0 Å². The van der Waals surface area contributed by atoms with Gasteiger partial charge in [-0.25, -0.2) is 4.98 Å². The highest BCUT2D eigenvalue weighted by Gasteiger charge is 2.15. The summed E-state index contributed by atoms with van der Waals surface area (Å²) in [6.07, 6.45) is 4.92. The van der Waals surface area contributed by atoms with Crippen LogP contribution in [0.25, 0.3) is 5.95 Å². The lowest BCUT2D eigenvalue weighted by Gasteiger charge is -2.28. The van der Waals surface area contributed by atoms with Gasteiger partial charge in [0.25, 0.3) is 0 Å². The van der Waals surface area contributed by atoms with Gasteiger partial charge in [0.1, 0.15) is 11.6 Å². The maximum Gasteiger partial charge on any atom is 0.232 e. The molecule has 136 valence electrons. The molecule has 0 radical (unpaired) electrons. The highest BCUT2D eigenvalue weighted by Crippen LogP contribution is 2.26. The zero-order chi connectivity index (χ0) is 18.6. The quantitative estimate of drug-likeness (QED) is 0.665. The van der Waals surface area contributed by atoms with Gasteiger partial charge in [-0.3, -0.25) is 0 Å². The molecule has 3 heterocycles. The summed E-state index contributed by atoms with van der Waals surface area (Å²) in [7, 11) is 1.85. The number of aryl methyl sites for hydroxylation is 1. The van der Waals surface area contributed by atoms with Crippen LogP contribution in [-0.2, 0) is 11.8 Å². The van der Waals surface area contributed by atoms with Gasteiger partial charge in [0.2, 0.25) is 5.95 Å². The Labute approximate surface area is 156 Å². The summed E-state index contributed by atoms with van der Waals surface area (Å²) in [6.45, 7) is 3.26. The fourth-order valence-electron chi connectivity index (χ4n) is 2.88. The Hall–Kier alpha value is -3.51. The van der Waals surface area contributed by atoms with E-state index in [0.717, 1.165) is 32.0 Å². The Morgan fingerprint density at radius 3 is 2.59 bits per heavy atom. The minimum Gasteiger partial charge on any atom is -0.378 e. The van der Waals surface area contributed by atoms with Gasteiger partial charge in [-0.1, -0.05) is 0 Å². The van der Waals surface area contributed by atoms with Crippen LogP contribution in [0.4, 0.5) is 17.2 Å². The van der Waals surface area contributed by atoms with Gasteiger partial charge in [0, 0.05) is 38.2 Å². The van der Waals surface area contributed by atoms with Gasteiger partial charge in [0.05, 0.1) is 25.1 Å². The molecule has 0 atom stereocenters.